The Kier molecular flexibility index (Phi) is 7.83. The van der Waals surface area contributed by atoms with Crippen LogP contribution >= 0.6 is 0 Å². The number of esters is 1. The van der Waals surface area contributed by atoms with Crippen molar-refractivity contribution in [2.24, 2.45) is 0 Å². The number of aliphatic hydroxyl groups excluding tert-OH is 1. The lowest BCUT2D eigenvalue weighted by molar-refractivity contribution is -0.0184. The van der Waals surface area contributed by atoms with Gasteiger partial charge >= 0.3 is 5.97 Å². The molecule has 2 heterocycles. The maximum Gasteiger partial charge on any atom is 0.338 e. The standard InChI is InChI=1S/C36H28O16/c37-13-5-20(39)18-10-25(44)34(50-26(18)7-13)16-2-1-15-17(9-24(43)32(47)29(15)33(48)30(16)45)35-28(11-19-21(40)6-14(38)8-27(19)51-35)52-36(49)12-3-22(41)31(46)23(42)4-12/h1-9,25,28,34-35,37-44,46-47H,10-11H2,(H,45,48). The fourth-order valence-corrected chi connectivity index (χ4v) is 6.54. The van der Waals surface area contributed by atoms with Crippen LogP contribution in [0.5, 0.6) is 69.0 Å². The first-order chi connectivity index (χ1) is 24.6. The van der Waals surface area contributed by atoms with Gasteiger partial charge < -0.3 is 70.4 Å². The lowest BCUT2D eigenvalue weighted by Gasteiger charge is -2.34. The number of carbonyl (C=O) groups excluding carboxylic acids is 1. The highest BCUT2D eigenvalue weighted by Gasteiger charge is 2.39. The van der Waals surface area contributed by atoms with Gasteiger partial charge in [-0.15, -0.1) is 0 Å². The average molecular weight is 717 g/mol. The summed E-state index contributed by atoms with van der Waals surface area (Å²) in [7, 11) is 0. The second kappa shape index (κ2) is 12.1. The van der Waals surface area contributed by atoms with E-state index in [0.717, 1.165) is 36.4 Å². The van der Waals surface area contributed by atoms with Crippen LogP contribution in [0.1, 0.15) is 44.8 Å². The molecule has 0 radical (unpaired) electrons. The van der Waals surface area contributed by atoms with E-state index < -0.39 is 92.8 Å². The molecule has 0 saturated carbocycles. The summed E-state index contributed by atoms with van der Waals surface area (Å²) in [5.74, 6) is -8.26. The number of aromatic hydroxyl groups is 10. The Morgan fingerprint density at radius 3 is 1.79 bits per heavy atom. The van der Waals surface area contributed by atoms with Crippen molar-refractivity contribution in [1.82, 2.24) is 0 Å². The van der Waals surface area contributed by atoms with E-state index in [9.17, 15) is 65.8 Å². The molecule has 11 N–H and O–H groups in total. The van der Waals surface area contributed by atoms with Gasteiger partial charge in [0.15, 0.2) is 46.7 Å². The highest BCUT2D eigenvalue weighted by atomic mass is 16.6. The number of carbonyl (C=O) groups is 1. The number of rotatable bonds is 4. The molecule has 4 atom stereocenters. The van der Waals surface area contributed by atoms with Crippen molar-refractivity contribution in [1.29, 1.82) is 0 Å². The number of fused-ring (bicyclic) bond motifs is 3. The van der Waals surface area contributed by atoms with Crippen LogP contribution in [-0.2, 0) is 17.6 Å². The summed E-state index contributed by atoms with van der Waals surface area (Å²) in [6, 6.07) is 9.44. The lowest BCUT2D eigenvalue weighted by atomic mass is 9.91. The predicted octanol–water partition coefficient (Wildman–Crippen LogP) is 3.19. The molecule has 4 unspecified atom stereocenters. The summed E-state index contributed by atoms with van der Waals surface area (Å²) >= 11 is 0. The number of phenolic OH excluding ortho intramolecular Hbond substituents is 9. The Labute approximate surface area is 290 Å². The summed E-state index contributed by atoms with van der Waals surface area (Å²) in [5, 5.41) is 114. The Balaban J connectivity index is 1.39. The molecular formula is C36H28O16. The van der Waals surface area contributed by atoms with Crippen molar-refractivity contribution in [3.63, 3.8) is 0 Å². The van der Waals surface area contributed by atoms with Gasteiger partial charge in [0.1, 0.15) is 40.6 Å². The normalized spacial score (nSPS) is 19.2. The molecule has 5 aromatic carbocycles. The van der Waals surface area contributed by atoms with Crippen molar-refractivity contribution in [2.75, 3.05) is 0 Å². The molecule has 7 rings (SSSR count). The summed E-state index contributed by atoms with van der Waals surface area (Å²) in [6.07, 6.45) is -6.34. The molecule has 268 valence electrons. The van der Waals surface area contributed by atoms with E-state index in [1.54, 1.807) is 0 Å². The summed E-state index contributed by atoms with van der Waals surface area (Å²) in [6.45, 7) is 0. The highest BCUT2D eigenvalue weighted by Crippen LogP contribution is 2.48. The zero-order valence-electron chi connectivity index (χ0n) is 26.4. The molecular weight excluding hydrogens is 688 g/mol. The maximum absolute atomic E-state index is 13.9. The van der Waals surface area contributed by atoms with E-state index >= 15 is 0 Å². The third-order valence-corrected chi connectivity index (χ3v) is 9.03. The molecule has 0 aromatic heterocycles. The van der Waals surface area contributed by atoms with Crippen LogP contribution in [0.4, 0.5) is 0 Å². The van der Waals surface area contributed by atoms with E-state index in [0.29, 0.717) is 0 Å². The molecule has 0 fully saturated rings. The van der Waals surface area contributed by atoms with Crippen LogP contribution in [-0.4, -0.2) is 74.3 Å². The van der Waals surface area contributed by atoms with Crippen molar-refractivity contribution in [2.45, 2.75) is 37.3 Å². The Morgan fingerprint density at radius 2 is 1.17 bits per heavy atom. The minimum absolute atomic E-state index is 0.0439. The summed E-state index contributed by atoms with van der Waals surface area (Å²) in [4.78, 5) is 27.2. The van der Waals surface area contributed by atoms with E-state index in [4.69, 9.17) is 14.2 Å². The predicted molar refractivity (Wildman–Crippen MR) is 176 cm³/mol. The smallest absolute Gasteiger partial charge is 0.338 e. The van der Waals surface area contributed by atoms with Crippen LogP contribution in [0.3, 0.4) is 0 Å². The second-order valence-corrected chi connectivity index (χ2v) is 12.3. The van der Waals surface area contributed by atoms with Crippen LogP contribution in [0.15, 0.2) is 59.4 Å². The van der Waals surface area contributed by atoms with E-state index in [-0.39, 0.29) is 63.5 Å². The first kappa shape index (κ1) is 33.6. The quantitative estimate of drug-likeness (QED) is 0.0940. The molecule has 0 saturated heterocycles. The van der Waals surface area contributed by atoms with Crippen molar-refractivity contribution in [3.8, 4) is 69.0 Å². The van der Waals surface area contributed by atoms with Gasteiger partial charge in [0.05, 0.1) is 17.1 Å². The fraction of sp³-hybridized carbons (Fsp3) is 0.167. The molecule has 16 nitrogen and oxygen atoms in total. The molecule has 52 heavy (non-hydrogen) atoms. The molecule has 0 bridgehead atoms. The summed E-state index contributed by atoms with van der Waals surface area (Å²) in [5.41, 5.74) is -1.82. The Bertz CT molecular complexity index is 2370. The van der Waals surface area contributed by atoms with Gasteiger partial charge in [-0.25, -0.2) is 4.79 Å². The van der Waals surface area contributed by atoms with Crippen molar-refractivity contribution in [3.05, 3.63) is 92.6 Å². The number of benzene rings is 4. The minimum atomic E-state index is -1.49. The molecule has 5 aromatic rings. The largest absolute Gasteiger partial charge is 0.508 e. The third-order valence-electron chi connectivity index (χ3n) is 9.03. The maximum atomic E-state index is 13.9. The van der Waals surface area contributed by atoms with E-state index in [1.165, 1.54) is 18.2 Å². The van der Waals surface area contributed by atoms with Gasteiger partial charge in [0.25, 0.3) is 0 Å². The highest BCUT2D eigenvalue weighted by molar-refractivity contribution is 5.94. The summed E-state index contributed by atoms with van der Waals surface area (Å²) < 4.78 is 17.7. The van der Waals surface area contributed by atoms with Gasteiger partial charge in [-0.2, -0.15) is 0 Å². The SMILES string of the molecule is O=C(OC1Cc2c(O)cc(O)cc2OC1c1cc(O)c(O)c2c(=O)c(O)c(C3Oc4cc(O)cc(O)c4CC3O)ccc12)c1cc(O)c(O)c(O)c1. The molecule has 2 aliphatic rings. The zero-order chi connectivity index (χ0) is 37.3. The lowest BCUT2D eigenvalue weighted by Crippen LogP contribution is -2.35. The van der Waals surface area contributed by atoms with Crippen LogP contribution in [0.2, 0.25) is 0 Å². The van der Waals surface area contributed by atoms with Gasteiger partial charge in [-0.3, -0.25) is 4.79 Å². The fourth-order valence-electron chi connectivity index (χ4n) is 6.54. The number of aliphatic hydroxyl groups is 1. The monoisotopic (exact) mass is 716 g/mol. The van der Waals surface area contributed by atoms with Crippen molar-refractivity contribution >= 4 is 16.7 Å². The topological polar surface area (TPSA) is 284 Å². The Morgan fingerprint density at radius 1 is 0.615 bits per heavy atom. The Hall–Kier alpha value is -6.94. The second-order valence-electron chi connectivity index (χ2n) is 12.3. The average Bonchev–Trinajstić information content (AvgIpc) is 3.21. The van der Waals surface area contributed by atoms with Crippen LogP contribution < -0.4 is 14.9 Å². The van der Waals surface area contributed by atoms with Crippen molar-refractivity contribution < 1.29 is 75.2 Å². The number of phenols is 9. The van der Waals surface area contributed by atoms with Gasteiger partial charge in [-0.1, -0.05) is 12.1 Å². The molecule has 0 spiro atoms. The molecule has 2 aliphatic heterocycles. The first-order valence-electron chi connectivity index (χ1n) is 15.4. The molecule has 16 heteroatoms. The molecule has 0 aliphatic carbocycles. The van der Waals surface area contributed by atoms with E-state index in [1.807, 2.05) is 0 Å². The van der Waals surface area contributed by atoms with E-state index in [2.05, 4.69) is 0 Å². The van der Waals surface area contributed by atoms with Gasteiger partial charge in [-0.05, 0) is 23.6 Å². The molecule has 0 amide bonds. The van der Waals surface area contributed by atoms with Gasteiger partial charge in [0, 0.05) is 59.4 Å². The zero-order valence-corrected chi connectivity index (χ0v) is 26.4. The number of hydrogen-bond acceptors (Lipinski definition) is 16. The van der Waals surface area contributed by atoms with Crippen LogP contribution in [0, 0.1) is 0 Å². The minimum Gasteiger partial charge on any atom is -0.508 e. The first-order valence-corrected chi connectivity index (χ1v) is 15.4. The van der Waals surface area contributed by atoms with Crippen LogP contribution in [0.25, 0.3) is 10.8 Å². The van der Waals surface area contributed by atoms with Gasteiger partial charge in [0.2, 0.25) is 5.43 Å². The third kappa shape index (κ3) is 5.47. The number of hydrogen-bond donors (Lipinski definition) is 11. The number of ether oxygens (including phenoxy) is 3.